The molecule has 2 atom stereocenters. The molecule has 1 aliphatic carbocycles. The molecule has 0 saturated heterocycles. The maximum atomic E-state index is 11.7. The van der Waals surface area contributed by atoms with Crippen LogP contribution in [0, 0.1) is 11.8 Å². The van der Waals surface area contributed by atoms with Gasteiger partial charge in [-0.25, -0.2) is 10.6 Å². The van der Waals surface area contributed by atoms with Crippen molar-refractivity contribution in [3.05, 3.63) is 0 Å². The van der Waals surface area contributed by atoms with Crippen LogP contribution in [0.3, 0.4) is 0 Å². The third kappa shape index (κ3) is 7.53. The van der Waals surface area contributed by atoms with Crippen molar-refractivity contribution in [2.24, 2.45) is 23.2 Å². The van der Waals surface area contributed by atoms with Crippen LogP contribution in [0.2, 0.25) is 0 Å². The molecule has 0 radical (unpaired) electrons. The van der Waals surface area contributed by atoms with Crippen LogP contribution in [-0.2, 0) is 9.09 Å². The van der Waals surface area contributed by atoms with Gasteiger partial charge in [-0.05, 0) is 51.0 Å². The van der Waals surface area contributed by atoms with E-state index in [4.69, 9.17) is 15.9 Å². The van der Waals surface area contributed by atoms with Crippen molar-refractivity contribution < 1.29 is 9.09 Å². The van der Waals surface area contributed by atoms with Crippen molar-refractivity contribution in [1.82, 2.24) is 10.5 Å². The van der Waals surface area contributed by atoms with Crippen LogP contribution >= 0.6 is 7.67 Å². The summed E-state index contributed by atoms with van der Waals surface area (Å²) < 4.78 is 17.2. The highest BCUT2D eigenvalue weighted by atomic mass is 31.2. The summed E-state index contributed by atoms with van der Waals surface area (Å²) >= 11 is 0. The number of hydrogen-bond donors (Lipinski definition) is 4. The lowest BCUT2D eigenvalue weighted by Crippen LogP contribution is -2.38. The van der Waals surface area contributed by atoms with E-state index in [1.165, 1.54) is 19.3 Å². The Kier molecular flexibility index (Phi) is 9.14. The normalized spacial score (nSPS) is 26.8. The summed E-state index contributed by atoms with van der Waals surface area (Å²) in [4.78, 5) is 0. The van der Waals surface area contributed by atoms with Gasteiger partial charge in [0.25, 0.3) is 0 Å². The molecule has 6 nitrogen and oxygen atoms in total. The zero-order chi connectivity index (χ0) is 16.6. The number of nitrogens with two attached hydrogens (primary N) is 2. The second-order valence-electron chi connectivity index (χ2n) is 6.87. The van der Waals surface area contributed by atoms with Gasteiger partial charge in [0.2, 0.25) is 0 Å². The lowest BCUT2D eigenvalue weighted by molar-refractivity contribution is 0.128. The van der Waals surface area contributed by atoms with Crippen molar-refractivity contribution in [3.8, 4) is 0 Å². The van der Waals surface area contributed by atoms with Crippen molar-refractivity contribution in [2.45, 2.75) is 77.4 Å². The predicted molar refractivity (Wildman–Crippen MR) is 92.1 cm³/mol. The molecule has 1 saturated carbocycles. The van der Waals surface area contributed by atoms with Crippen LogP contribution in [0.1, 0.15) is 65.2 Å². The van der Waals surface area contributed by atoms with Gasteiger partial charge in [0.15, 0.2) is 0 Å². The van der Waals surface area contributed by atoms with E-state index in [0.717, 1.165) is 38.0 Å². The highest BCUT2D eigenvalue weighted by Gasteiger charge is 2.26. The van der Waals surface area contributed by atoms with Crippen LogP contribution in [0.25, 0.3) is 0 Å². The Hall–Kier alpha value is 0.0300. The molecule has 132 valence electrons. The molecule has 0 spiro atoms. The molecule has 0 aromatic heterocycles. The van der Waals surface area contributed by atoms with Crippen LogP contribution in [0.5, 0.6) is 0 Å². The van der Waals surface area contributed by atoms with E-state index in [0.29, 0.717) is 12.0 Å². The molecule has 0 aromatic rings. The third-order valence-corrected chi connectivity index (χ3v) is 6.04. The summed E-state index contributed by atoms with van der Waals surface area (Å²) in [5, 5.41) is 2.56. The molecular formula is C15H35N4O2P. The Labute approximate surface area is 135 Å². The first-order valence-corrected chi connectivity index (χ1v) is 10.3. The van der Waals surface area contributed by atoms with E-state index in [1.54, 1.807) is 7.05 Å². The number of nitrogens with one attached hydrogen (secondary N) is 2. The molecule has 1 aliphatic rings. The number of hydrazine groups is 1. The van der Waals surface area contributed by atoms with Gasteiger partial charge in [-0.2, -0.15) is 0 Å². The summed E-state index contributed by atoms with van der Waals surface area (Å²) in [7, 11) is -1.50. The first-order valence-electron chi connectivity index (χ1n) is 8.60. The Morgan fingerprint density at radius 3 is 2.36 bits per heavy atom. The smallest absolute Gasteiger partial charge is 0.303 e. The Balaban J connectivity index is 2.14. The first-order chi connectivity index (χ1) is 10.4. The Bertz CT molecular complexity index is 346. The van der Waals surface area contributed by atoms with Crippen molar-refractivity contribution >= 4 is 7.67 Å². The molecule has 0 bridgehead atoms. The molecule has 2 unspecified atom stereocenters. The van der Waals surface area contributed by atoms with Crippen LogP contribution in [-0.4, -0.2) is 19.2 Å². The van der Waals surface area contributed by atoms with E-state index in [1.807, 2.05) is 0 Å². The molecule has 1 rings (SSSR count). The second-order valence-corrected chi connectivity index (χ2v) is 8.72. The maximum absolute atomic E-state index is 11.7. The molecule has 0 aliphatic heterocycles. The standard InChI is InChI=1S/C15H35N4O2P/c1-12(2)15(19-16)7-5-4-6-13-8-10-14(11-9-13)21-22(17,20)18-3/h12-15,19H,4-11,16H2,1-3H3,(H3,17,18,20). The Morgan fingerprint density at radius 1 is 1.23 bits per heavy atom. The quantitative estimate of drug-likeness (QED) is 0.212. The SMILES string of the molecule is CNP(N)(=O)OC1CCC(CCCCC(NN)C(C)C)CC1. The molecule has 0 aromatic carbocycles. The first kappa shape index (κ1) is 20.1. The van der Waals surface area contributed by atoms with Gasteiger partial charge in [-0.15, -0.1) is 0 Å². The molecule has 6 N–H and O–H groups in total. The minimum atomic E-state index is -3.08. The van der Waals surface area contributed by atoms with Gasteiger partial charge in [0.05, 0.1) is 6.10 Å². The summed E-state index contributed by atoms with van der Waals surface area (Å²) in [5.74, 6) is 6.93. The number of unbranched alkanes of at least 4 members (excludes halogenated alkanes) is 1. The predicted octanol–water partition coefficient (Wildman–Crippen LogP) is 2.90. The molecule has 7 heteroatoms. The molecule has 0 amide bonds. The highest BCUT2D eigenvalue weighted by molar-refractivity contribution is 7.54. The van der Waals surface area contributed by atoms with Gasteiger partial charge < -0.3 is 4.52 Å². The van der Waals surface area contributed by atoms with Crippen LogP contribution in [0.15, 0.2) is 0 Å². The highest BCUT2D eigenvalue weighted by Crippen LogP contribution is 2.39. The largest absolute Gasteiger partial charge is 0.338 e. The summed E-state index contributed by atoms with van der Waals surface area (Å²) in [5.41, 5.74) is 8.46. The maximum Gasteiger partial charge on any atom is 0.338 e. The van der Waals surface area contributed by atoms with Gasteiger partial charge in [-0.1, -0.05) is 33.1 Å². The average Bonchev–Trinajstić information content (AvgIpc) is 2.48. The number of hydrogen-bond acceptors (Lipinski definition) is 4. The van der Waals surface area contributed by atoms with E-state index >= 15 is 0 Å². The van der Waals surface area contributed by atoms with E-state index in [2.05, 4.69) is 24.4 Å². The summed E-state index contributed by atoms with van der Waals surface area (Å²) in [6.07, 6.45) is 9.17. The summed E-state index contributed by atoms with van der Waals surface area (Å²) in [6.45, 7) is 4.40. The van der Waals surface area contributed by atoms with Crippen LogP contribution < -0.4 is 21.9 Å². The number of rotatable bonds is 10. The monoisotopic (exact) mass is 334 g/mol. The third-order valence-electron chi connectivity index (χ3n) is 4.81. The van der Waals surface area contributed by atoms with E-state index in [-0.39, 0.29) is 6.10 Å². The van der Waals surface area contributed by atoms with E-state index in [9.17, 15) is 4.57 Å². The molecule has 0 heterocycles. The second kappa shape index (κ2) is 10.0. The van der Waals surface area contributed by atoms with Gasteiger partial charge in [-0.3, -0.25) is 15.8 Å². The Morgan fingerprint density at radius 2 is 1.86 bits per heavy atom. The fourth-order valence-corrected chi connectivity index (χ4v) is 3.97. The van der Waals surface area contributed by atoms with Crippen molar-refractivity contribution in [2.75, 3.05) is 7.05 Å². The van der Waals surface area contributed by atoms with Crippen molar-refractivity contribution in [1.29, 1.82) is 0 Å². The fraction of sp³-hybridized carbons (Fsp3) is 1.00. The lowest BCUT2D eigenvalue weighted by Gasteiger charge is -2.30. The van der Waals surface area contributed by atoms with E-state index < -0.39 is 7.67 Å². The molecular weight excluding hydrogens is 299 g/mol. The van der Waals surface area contributed by atoms with Gasteiger partial charge in [0, 0.05) is 6.04 Å². The fourth-order valence-electron chi connectivity index (χ4n) is 3.21. The van der Waals surface area contributed by atoms with Gasteiger partial charge in [0.1, 0.15) is 0 Å². The topological polar surface area (TPSA) is 102 Å². The molecule has 1 fully saturated rings. The van der Waals surface area contributed by atoms with Crippen molar-refractivity contribution in [3.63, 3.8) is 0 Å². The molecule has 22 heavy (non-hydrogen) atoms. The summed E-state index contributed by atoms with van der Waals surface area (Å²) in [6, 6.07) is 0.421. The zero-order valence-corrected chi connectivity index (χ0v) is 15.3. The minimum absolute atomic E-state index is 0.0475. The average molecular weight is 334 g/mol. The minimum Gasteiger partial charge on any atom is -0.303 e. The zero-order valence-electron chi connectivity index (χ0n) is 14.4. The van der Waals surface area contributed by atoms with Gasteiger partial charge >= 0.3 is 7.67 Å². The lowest BCUT2D eigenvalue weighted by atomic mass is 9.84. The van der Waals surface area contributed by atoms with Crippen LogP contribution in [0.4, 0.5) is 0 Å².